The van der Waals surface area contributed by atoms with Gasteiger partial charge in [-0.15, -0.1) is 6.42 Å². The number of carboxylic acid groups (broad SMARTS) is 1. The SMILES string of the molecule is C#CC(CCC)NC(=O)C1CC(C(=O)O)=NO1. The standard InChI is InChI=1S/C11H14N2O4/c1-3-5-7(4-2)12-10(14)9-6-8(11(15)16)13-17-9/h2,7,9H,3,5-6H2,1H3,(H,12,14)(H,15,16). The highest BCUT2D eigenvalue weighted by atomic mass is 16.6. The summed E-state index contributed by atoms with van der Waals surface area (Å²) in [6.07, 6.45) is 5.83. The molecular weight excluding hydrogens is 224 g/mol. The van der Waals surface area contributed by atoms with Crippen molar-refractivity contribution in [1.29, 1.82) is 0 Å². The molecule has 1 amide bonds. The molecule has 0 saturated carbocycles. The fourth-order valence-electron chi connectivity index (χ4n) is 1.39. The number of rotatable bonds is 5. The average molecular weight is 238 g/mol. The Morgan fingerprint density at radius 2 is 2.47 bits per heavy atom. The molecule has 0 spiro atoms. The van der Waals surface area contributed by atoms with E-state index in [4.69, 9.17) is 16.4 Å². The van der Waals surface area contributed by atoms with Crippen LogP contribution in [0, 0.1) is 12.3 Å². The molecule has 0 aromatic heterocycles. The van der Waals surface area contributed by atoms with Gasteiger partial charge in [-0.05, 0) is 6.42 Å². The van der Waals surface area contributed by atoms with Gasteiger partial charge in [0.05, 0.1) is 6.04 Å². The molecule has 17 heavy (non-hydrogen) atoms. The lowest BCUT2D eigenvalue weighted by molar-refractivity contribution is -0.131. The van der Waals surface area contributed by atoms with Crippen molar-refractivity contribution in [1.82, 2.24) is 5.32 Å². The quantitative estimate of drug-likeness (QED) is 0.666. The van der Waals surface area contributed by atoms with E-state index in [0.717, 1.165) is 6.42 Å². The first kappa shape index (κ1) is 13.0. The van der Waals surface area contributed by atoms with Crippen LogP contribution >= 0.6 is 0 Å². The minimum absolute atomic E-state index is 0.0371. The first-order valence-corrected chi connectivity index (χ1v) is 5.31. The van der Waals surface area contributed by atoms with Gasteiger partial charge in [-0.1, -0.05) is 24.4 Å². The zero-order valence-electron chi connectivity index (χ0n) is 9.47. The van der Waals surface area contributed by atoms with Gasteiger partial charge in [0.15, 0.2) is 5.71 Å². The number of nitrogens with zero attached hydrogens (tertiary/aromatic N) is 1. The maximum atomic E-state index is 11.7. The molecule has 2 unspecified atom stereocenters. The zero-order valence-corrected chi connectivity index (χ0v) is 9.47. The molecule has 1 aliphatic rings. The molecule has 0 aliphatic carbocycles. The van der Waals surface area contributed by atoms with E-state index in [1.54, 1.807) is 0 Å². The Bertz CT molecular complexity index is 383. The van der Waals surface area contributed by atoms with Crippen molar-refractivity contribution in [3.63, 3.8) is 0 Å². The third kappa shape index (κ3) is 3.48. The highest BCUT2D eigenvalue weighted by Gasteiger charge is 2.32. The molecule has 0 aromatic carbocycles. The largest absolute Gasteiger partial charge is 0.477 e. The number of terminal acetylenes is 1. The number of oxime groups is 1. The molecule has 1 rings (SSSR count). The Hall–Kier alpha value is -2.03. The van der Waals surface area contributed by atoms with Crippen LogP contribution in [0.25, 0.3) is 0 Å². The topological polar surface area (TPSA) is 88.0 Å². The molecule has 0 fully saturated rings. The summed E-state index contributed by atoms with van der Waals surface area (Å²) in [5.74, 6) is 0.842. The van der Waals surface area contributed by atoms with Crippen LogP contribution in [-0.2, 0) is 14.4 Å². The Kier molecular flexibility index (Phi) is 4.52. The Morgan fingerprint density at radius 1 is 1.76 bits per heavy atom. The number of hydrogen-bond acceptors (Lipinski definition) is 4. The van der Waals surface area contributed by atoms with Crippen molar-refractivity contribution in [3.8, 4) is 12.3 Å². The summed E-state index contributed by atoms with van der Waals surface area (Å²) >= 11 is 0. The van der Waals surface area contributed by atoms with Gasteiger partial charge in [-0.3, -0.25) is 4.79 Å². The van der Waals surface area contributed by atoms with Gasteiger partial charge < -0.3 is 15.3 Å². The molecule has 6 heteroatoms. The van der Waals surface area contributed by atoms with E-state index in [9.17, 15) is 9.59 Å². The summed E-state index contributed by atoms with van der Waals surface area (Å²) in [7, 11) is 0. The van der Waals surface area contributed by atoms with Crippen LogP contribution in [-0.4, -0.2) is 34.8 Å². The van der Waals surface area contributed by atoms with E-state index in [0.29, 0.717) is 6.42 Å². The van der Waals surface area contributed by atoms with Crippen LogP contribution in [0.4, 0.5) is 0 Å². The molecule has 2 atom stereocenters. The lowest BCUT2D eigenvalue weighted by Crippen LogP contribution is -2.41. The summed E-state index contributed by atoms with van der Waals surface area (Å²) < 4.78 is 0. The normalized spacial score (nSPS) is 19.8. The van der Waals surface area contributed by atoms with Gasteiger partial charge in [0.25, 0.3) is 5.91 Å². The highest BCUT2D eigenvalue weighted by Crippen LogP contribution is 2.11. The first-order valence-electron chi connectivity index (χ1n) is 5.31. The minimum Gasteiger partial charge on any atom is -0.477 e. The molecule has 1 aliphatic heterocycles. The van der Waals surface area contributed by atoms with E-state index in [1.165, 1.54) is 0 Å². The third-order valence-electron chi connectivity index (χ3n) is 2.30. The van der Waals surface area contributed by atoms with E-state index < -0.39 is 18.0 Å². The van der Waals surface area contributed by atoms with E-state index in [-0.39, 0.29) is 18.2 Å². The van der Waals surface area contributed by atoms with Crippen LogP contribution < -0.4 is 5.32 Å². The van der Waals surface area contributed by atoms with E-state index in [2.05, 4.69) is 16.4 Å². The summed E-state index contributed by atoms with van der Waals surface area (Å²) in [5.41, 5.74) is -0.155. The molecule has 0 saturated heterocycles. The van der Waals surface area contributed by atoms with Crippen molar-refractivity contribution >= 4 is 17.6 Å². The van der Waals surface area contributed by atoms with Gasteiger partial charge >= 0.3 is 5.97 Å². The molecule has 1 heterocycles. The van der Waals surface area contributed by atoms with Crippen LogP contribution in [0.2, 0.25) is 0 Å². The summed E-state index contributed by atoms with van der Waals surface area (Å²) in [5, 5.41) is 14.6. The summed E-state index contributed by atoms with van der Waals surface area (Å²) in [6, 6.07) is -0.357. The minimum atomic E-state index is -1.18. The van der Waals surface area contributed by atoms with Gasteiger partial charge in [-0.2, -0.15) is 0 Å². The van der Waals surface area contributed by atoms with Gasteiger partial charge in [0.1, 0.15) is 0 Å². The number of hydrogen-bond donors (Lipinski definition) is 2. The van der Waals surface area contributed by atoms with Crippen LogP contribution in [0.1, 0.15) is 26.2 Å². The fraction of sp³-hybridized carbons (Fsp3) is 0.545. The second-order valence-electron chi connectivity index (χ2n) is 3.66. The number of carbonyl (C=O) groups is 2. The Labute approximate surface area is 99.0 Å². The zero-order chi connectivity index (χ0) is 12.8. The van der Waals surface area contributed by atoms with Crippen molar-refractivity contribution in [2.45, 2.75) is 38.3 Å². The maximum absolute atomic E-state index is 11.7. The fourth-order valence-corrected chi connectivity index (χ4v) is 1.39. The monoisotopic (exact) mass is 238 g/mol. The maximum Gasteiger partial charge on any atom is 0.353 e. The van der Waals surface area contributed by atoms with Gasteiger partial charge in [0, 0.05) is 6.42 Å². The number of carbonyl (C=O) groups excluding carboxylic acids is 1. The van der Waals surface area contributed by atoms with Crippen molar-refractivity contribution in [3.05, 3.63) is 0 Å². The number of nitrogens with one attached hydrogen (secondary N) is 1. The van der Waals surface area contributed by atoms with Crippen molar-refractivity contribution < 1.29 is 19.5 Å². The Morgan fingerprint density at radius 3 is 2.94 bits per heavy atom. The van der Waals surface area contributed by atoms with Gasteiger partial charge in [-0.25, -0.2) is 4.79 Å². The molecule has 0 bridgehead atoms. The second-order valence-corrected chi connectivity index (χ2v) is 3.66. The van der Waals surface area contributed by atoms with Crippen LogP contribution in [0.5, 0.6) is 0 Å². The Balaban J connectivity index is 2.46. The lowest BCUT2D eigenvalue weighted by atomic mass is 10.1. The smallest absolute Gasteiger partial charge is 0.353 e. The summed E-state index contributed by atoms with van der Waals surface area (Å²) in [4.78, 5) is 27.0. The van der Waals surface area contributed by atoms with E-state index >= 15 is 0 Å². The predicted molar refractivity (Wildman–Crippen MR) is 60.2 cm³/mol. The molecule has 6 nitrogen and oxygen atoms in total. The van der Waals surface area contributed by atoms with Crippen molar-refractivity contribution in [2.75, 3.05) is 0 Å². The number of amides is 1. The van der Waals surface area contributed by atoms with Gasteiger partial charge in [0.2, 0.25) is 6.10 Å². The van der Waals surface area contributed by atoms with E-state index in [1.807, 2.05) is 6.92 Å². The number of carboxylic acids is 1. The van der Waals surface area contributed by atoms with Crippen LogP contribution in [0.15, 0.2) is 5.16 Å². The molecule has 0 radical (unpaired) electrons. The summed E-state index contributed by atoms with van der Waals surface area (Å²) in [6.45, 7) is 1.95. The molecule has 0 aromatic rings. The number of aliphatic carboxylic acids is 1. The van der Waals surface area contributed by atoms with Crippen LogP contribution in [0.3, 0.4) is 0 Å². The molecule has 2 N–H and O–H groups in total. The molecular formula is C11H14N2O4. The molecule has 92 valence electrons. The predicted octanol–water partition coefficient (Wildman–Crippen LogP) is 0.134. The second kappa shape index (κ2) is 5.89. The highest BCUT2D eigenvalue weighted by molar-refractivity contribution is 6.36. The lowest BCUT2D eigenvalue weighted by Gasteiger charge is -2.14. The third-order valence-corrected chi connectivity index (χ3v) is 2.30. The first-order chi connectivity index (χ1) is 8.08. The average Bonchev–Trinajstić information content (AvgIpc) is 2.77. The van der Waals surface area contributed by atoms with Crippen molar-refractivity contribution in [2.24, 2.45) is 5.16 Å².